The summed E-state index contributed by atoms with van der Waals surface area (Å²) < 4.78 is 33.0. The number of furan rings is 1. The Morgan fingerprint density at radius 1 is 1.08 bits per heavy atom. The maximum absolute atomic E-state index is 13.8. The van der Waals surface area contributed by atoms with Crippen molar-refractivity contribution in [3.63, 3.8) is 0 Å². The monoisotopic (exact) mass is 496 g/mol. The van der Waals surface area contributed by atoms with Crippen LogP contribution in [0, 0.1) is 11.6 Å². The fourth-order valence-electron chi connectivity index (χ4n) is 4.57. The summed E-state index contributed by atoms with van der Waals surface area (Å²) in [5.41, 5.74) is 2.93. The van der Waals surface area contributed by atoms with Gasteiger partial charge in [0.25, 0.3) is 5.91 Å². The molecule has 0 bridgehead atoms. The number of aliphatic hydroxyl groups excluding tert-OH is 1. The van der Waals surface area contributed by atoms with E-state index in [1.165, 1.54) is 24.0 Å². The quantitative estimate of drug-likeness (QED) is 0.393. The highest BCUT2D eigenvalue weighted by molar-refractivity contribution is 6.09. The van der Waals surface area contributed by atoms with Gasteiger partial charge in [0, 0.05) is 32.0 Å². The van der Waals surface area contributed by atoms with Crippen LogP contribution in [-0.4, -0.2) is 35.5 Å². The summed E-state index contributed by atoms with van der Waals surface area (Å²) in [6.07, 6.45) is 2.66. The van der Waals surface area contributed by atoms with Gasteiger partial charge in [-0.2, -0.15) is 0 Å². The summed E-state index contributed by atoms with van der Waals surface area (Å²) >= 11 is 0. The molecule has 0 fully saturated rings. The number of carbonyl (C=O) groups excluding carboxylic acids is 2. The Labute approximate surface area is 208 Å². The van der Waals surface area contributed by atoms with E-state index in [1.54, 1.807) is 0 Å². The second kappa shape index (κ2) is 11.6. The van der Waals surface area contributed by atoms with Crippen LogP contribution < -0.4 is 10.6 Å². The maximum Gasteiger partial charge on any atom is 0.255 e. The molecule has 0 spiro atoms. The third-order valence-corrected chi connectivity index (χ3v) is 6.44. The van der Waals surface area contributed by atoms with Crippen LogP contribution in [0.25, 0.3) is 0 Å². The molecule has 1 aliphatic rings. The molecule has 1 heterocycles. The Hall–Kier alpha value is -3.36. The minimum Gasteiger partial charge on any atom is -0.468 e. The van der Waals surface area contributed by atoms with E-state index < -0.39 is 29.7 Å². The van der Waals surface area contributed by atoms with Crippen molar-refractivity contribution in [1.29, 1.82) is 0 Å². The van der Waals surface area contributed by atoms with Crippen molar-refractivity contribution in [1.82, 2.24) is 10.6 Å². The zero-order chi connectivity index (χ0) is 25.7. The maximum atomic E-state index is 13.8. The standard InChI is InChI=1S/C28H30F2N2O4/c1-2-17-5-3-6-18(9-17)14-31-15-25(34)23(12-19-10-20(29)13-21(30)11-19)32-28(35)22-16-36-26-8-4-7-24(33)27(22)26/h3,5-6,9-11,13,16,23,25,31,34H,2,4,7-8,12,14-15H2,1H3,(H,32,35)/t23-,25+/m0/s1. The fraction of sp³-hybridized carbons (Fsp3) is 0.357. The molecule has 0 saturated heterocycles. The predicted octanol–water partition coefficient (Wildman–Crippen LogP) is 4.13. The van der Waals surface area contributed by atoms with Gasteiger partial charge < -0.3 is 20.2 Å². The van der Waals surface area contributed by atoms with E-state index in [2.05, 4.69) is 23.6 Å². The number of aryl methyl sites for hydroxylation is 2. The molecule has 1 amide bonds. The van der Waals surface area contributed by atoms with Crippen LogP contribution in [-0.2, 0) is 25.8 Å². The molecule has 1 aromatic heterocycles. The number of benzene rings is 2. The molecule has 190 valence electrons. The van der Waals surface area contributed by atoms with Gasteiger partial charge in [-0.1, -0.05) is 31.2 Å². The molecule has 2 aromatic carbocycles. The minimum atomic E-state index is -1.08. The van der Waals surface area contributed by atoms with Crippen LogP contribution in [0.5, 0.6) is 0 Å². The van der Waals surface area contributed by atoms with Gasteiger partial charge in [0.1, 0.15) is 23.7 Å². The summed E-state index contributed by atoms with van der Waals surface area (Å²) in [7, 11) is 0. The number of aliphatic hydroxyl groups is 1. The highest BCUT2D eigenvalue weighted by Crippen LogP contribution is 2.26. The van der Waals surface area contributed by atoms with E-state index >= 15 is 0 Å². The van der Waals surface area contributed by atoms with Crippen LogP contribution in [0.3, 0.4) is 0 Å². The molecule has 0 saturated carbocycles. The highest BCUT2D eigenvalue weighted by atomic mass is 19.1. The highest BCUT2D eigenvalue weighted by Gasteiger charge is 2.30. The SMILES string of the molecule is CCc1cccc(CNC[C@@H](O)[C@H](Cc2cc(F)cc(F)c2)NC(=O)c2coc3c2C(=O)CCC3)c1. The summed E-state index contributed by atoms with van der Waals surface area (Å²) in [5, 5.41) is 16.9. The Bertz CT molecular complexity index is 1220. The second-order valence-corrected chi connectivity index (χ2v) is 9.16. The number of Topliss-reactive ketones (excluding diaryl/α,β-unsaturated/α-hetero) is 1. The topological polar surface area (TPSA) is 91.6 Å². The normalized spacial score (nSPS) is 14.8. The average Bonchev–Trinajstić information content (AvgIpc) is 3.29. The summed E-state index contributed by atoms with van der Waals surface area (Å²) in [5.74, 6) is -1.74. The van der Waals surface area contributed by atoms with Crippen molar-refractivity contribution < 1.29 is 27.9 Å². The van der Waals surface area contributed by atoms with Crippen LogP contribution in [0.15, 0.2) is 53.1 Å². The molecule has 3 aromatic rings. The molecular weight excluding hydrogens is 466 g/mol. The summed E-state index contributed by atoms with van der Waals surface area (Å²) in [6.45, 7) is 2.70. The lowest BCUT2D eigenvalue weighted by Crippen LogP contribution is -2.48. The lowest BCUT2D eigenvalue weighted by Gasteiger charge is -2.25. The summed E-state index contributed by atoms with van der Waals surface area (Å²) in [4.78, 5) is 25.5. The number of ketones is 1. The largest absolute Gasteiger partial charge is 0.468 e. The van der Waals surface area contributed by atoms with Gasteiger partial charge in [-0.15, -0.1) is 0 Å². The van der Waals surface area contributed by atoms with Gasteiger partial charge in [0.15, 0.2) is 5.78 Å². The van der Waals surface area contributed by atoms with Gasteiger partial charge in [-0.05, 0) is 48.1 Å². The van der Waals surface area contributed by atoms with Crippen molar-refractivity contribution in [2.24, 2.45) is 0 Å². The Kier molecular flexibility index (Phi) is 8.28. The smallest absolute Gasteiger partial charge is 0.255 e. The van der Waals surface area contributed by atoms with E-state index in [0.29, 0.717) is 31.6 Å². The fourth-order valence-corrected chi connectivity index (χ4v) is 4.57. The molecule has 6 nitrogen and oxygen atoms in total. The molecule has 1 aliphatic carbocycles. The van der Waals surface area contributed by atoms with Crippen molar-refractivity contribution in [2.45, 2.75) is 57.7 Å². The lowest BCUT2D eigenvalue weighted by atomic mass is 9.93. The molecule has 0 aliphatic heterocycles. The van der Waals surface area contributed by atoms with Crippen LogP contribution in [0.4, 0.5) is 8.78 Å². The average molecular weight is 497 g/mol. The number of amides is 1. The second-order valence-electron chi connectivity index (χ2n) is 9.16. The predicted molar refractivity (Wildman–Crippen MR) is 131 cm³/mol. The minimum absolute atomic E-state index is 0.0113. The third kappa shape index (κ3) is 6.25. The zero-order valence-corrected chi connectivity index (χ0v) is 20.2. The Morgan fingerprint density at radius 3 is 2.58 bits per heavy atom. The lowest BCUT2D eigenvalue weighted by molar-refractivity contribution is 0.0823. The van der Waals surface area contributed by atoms with Crippen molar-refractivity contribution in [3.8, 4) is 0 Å². The van der Waals surface area contributed by atoms with Gasteiger partial charge in [0.05, 0.1) is 23.3 Å². The zero-order valence-electron chi connectivity index (χ0n) is 20.2. The molecule has 4 rings (SSSR count). The number of hydrogen-bond acceptors (Lipinski definition) is 5. The Balaban J connectivity index is 1.49. The van der Waals surface area contributed by atoms with E-state index in [1.807, 2.05) is 18.2 Å². The first kappa shape index (κ1) is 25.7. The van der Waals surface area contributed by atoms with E-state index in [9.17, 15) is 23.5 Å². The Morgan fingerprint density at radius 2 is 1.83 bits per heavy atom. The van der Waals surface area contributed by atoms with Crippen molar-refractivity contribution in [3.05, 3.63) is 93.9 Å². The first-order valence-corrected chi connectivity index (χ1v) is 12.2. The van der Waals surface area contributed by atoms with E-state index in [-0.39, 0.29) is 35.4 Å². The number of nitrogens with one attached hydrogen (secondary N) is 2. The molecule has 0 unspecified atom stereocenters. The molecule has 36 heavy (non-hydrogen) atoms. The van der Waals surface area contributed by atoms with Crippen LogP contribution in [0.1, 0.15) is 62.9 Å². The molecular formula is C28H30F2N2O4. The molecule has 2 atom stereocenters. The third-order valence-electron chi connectivity index (χ3n) is 6.44. The first-order chi connectivity index (χ1) is 17.3. The van der Waals surface area contributed by atoms with Crippen molar-refractivity contribution >= 4 is 11.7 Å². The van der Waals surface area contributed by atoms with E-state index in [4.69, 9.17) is 4.42 Å². The van der Waals surface area contributed by atoms with Gasteiger partial charge >= 0.3 is 0 Å². The number of fused-ring (bicyclic) bond motifs is 1. The molecule has 8 heteroatoms. The van der Waals surface area contributed by atoms with E-state index in [0.717, 1.165) is 18.1 Å². The number of carbonyl (C=O) groups is 2. The van der Waals surface area contributed by atoms with Crippen LogP contribution >= 0.6 is 0 Å². The molecule has 0 radical (unpaired) electrons. The number of hydrogen-bond donors (Lipinski definition) is 3. The van der Waals surface area contributed by atoms with Crippen molar-refractivity contribution in [2.75, 3.05) is 6.54 Å². The number of halogens is 2. The number of rotatable bonds is 10. The van der Waals surface area contributed by atoms with Crippen LogP contribution in [0.2, 0.25) is 0 Å². The first-order valence-electron chi connectivity index (χ1n) is 12.2. The molecule has 3 N–H and O–H groups in total. The summed E-state index contributed by atoms with van der Waals surface area (Å²) in [6, 6.07) is 10.3. The van der Waals surface area contributed by atoms with Gasteiger partial charge in [0.2, 0.25) is 0 Å². The van der Waals surface area contributed by atoms with Gasteiger partial charge in [-0.25, -0.2) is 8.78 Å². The van der Waals surface area contributed by atoms with Gasteiger partial charge in [-0.3, -0.25) is 9.59 Å².